The Morgan fingerprint density at radius 2 is 1.69 bits per heavy atom. The Hall–Kier alpha value is -3.87. The fraction of sp³-hybridized carbons (Fsp3) is 0.345. The number of methoxy groups -OCH3 is 2. The van der Waals surface area contributed by atoms with Gasteiger partial charge in [0.1, 0.15) is 11.5 Å². The van der Waals surface area contributed by atoms with E-state index in [0.29, 0.717) is 42.5 Å². The summed E-state index contributed by atoms with van der Waals surface area (Å²) in [4.78, 5) is 32.5. The predicted octanol–water partition coefficient (Wildman–Crippen LogP) is 4.67. The zero-order valence-corrected chi connectivity index (χ0v) is 21.3. The minimum absolute atomic E-state index is 0.0103. The van der Waals surface area contributed by atoms with Crippen molar-refractivity contribution < 1.29 is 19.1 Å². The van der Waals surface area contributed by atoms with Gasteiger partial charge in [-0.25, -0.2) is 0 Å². The molecule has 2 amide bonds. The van der Waals surface area contributed by atoms with E-state index in [1.54, 1.807) is 37.4 Å². The Kier molecular flexibility index (Phi) is 7.88. The zero-order valence-electron chi connectivity index (χ0n) is 21.3. The second kappa shape index (κ2) is 11.2. The number of hydrogen-bond acceptors (Lipinski definition) is 5. The maximum absolute atomic E-state index is 13.2. The molecule has 7 heteroatoms. The molecule has 0 unspecified atom stereocenters. The first-order chi connectivity index (χ1) is 17.4. The van der Waals surface area contributed by atoms with Gasteiger partial charge >= 0.3 is 0 Å². The minimum Gasteiger partial charge on any atom is -0.497 e. The van der Waals surface area contributed by atoms with Crippen LogP contribution in [-0.4, -0.2) is 37.6 Å². The molecule has 0 spiro atoms. The lowest BCUT2D eigenvalue weighted by atomic mass is 10.00. The number of ether oxygens (including phenoxy) is 2. The van der Waals surface area contributed by atoms with Crippen LogP contribution in [0.4, 0.5) is 5.69 Å². The van der Waals surface area contributed by atoms with Crippen LogP contribution in [0.3, 0.4) is 0 Å². The normalized spacial score (nSPS) is 12.8. The molecule has 0 aliphatic carbocycles. The van der Waals surface area contributed by atoms with Gasteiger partial charge in [0.2, 0.25) is 5.91 Å². The number of fused-ring (bicyclic) bond motifs is 1. The van der Waals surface area contributed by atoms with Gasteiger partial charge in [-0.15, -0.1) is 0 Å². The number of anilines is 1. The number of carbonyl (C=O) groups excluding carboxylic acids is 2. The molecule has 36 heavy (non-hydrogen) atoms. The zero-order chi connectivity index (χ0) is 25.7. The van der Waals surface area contributed by atoms with Crippen LogP contribution in [-0.2, 0) is 24.2 Å². The van der Waals surface area contributed by atoms with Gasteiger partial charge in [0.25, 0.3) is 5.91 Å². The molecular weight excluding hydrogens is 454 g/mol. The number of hydrogen-bond donors (Lipinski definition) is 1. The van der Waals surface area contributed by atoms with Gasteiger partial charge in [-0.1, -0.05) is 38.1 Å². The molecule has 7 nitrogen and oxygen atoms in total. The quantitative estimate of drug-likeness (QED) is 0.499. The molecule has 0 radical (unpaired) electrons. The molecule has 1 N–H and O–H groups in total. The molecule has 1 aliphatic heterocycles. The van der Waals surface area contributed by atoms with Crippen LogP contribution in [0.5, 0.6) is 11.5 Å². The van der Waals surface area contributed by atoms with Crippen molar-refractivity contribution in [3.8, 4) is 11.5 Å². The van der Waals surface area contributed by atoms with Gasteiger partial charge in [0.15, 0.2) is 0 Å². The lowest BCUT2D eigenvalue weighted by Gasteiger charge is -2.29. The molecule has 2 heterocycles. The van der Waals surface area contributed by atoms with Crippen molar-refractivity contribution in [2.24, 2.45) is 0 Å². The summed E-state index contributed by atoms with van der Waals surface area (Å²) < 4.78 is 10.6. The second-order valence-corrected chi connectivity index (χ2v) is 9.32. The van der Waals surface area contributed by atoms with Crippen molar-refractivity contribution in [2.75, 3.05) is 25.7 Å². The Balaban J connectivity index is 1.47. The van der Waals surface area contributed by atoms with Crippen molar-refractivity contribution >= 4 is 17.5 Å². The van der Waals surface area contributed by atoms with E-state index >= 15 is 0 Å². The van der Waals surface area contributed by atoms with Gasteiger partial charge in [0, 0.05) is 25.4 Å². The van der Waals surface area contributed by atoms with Gasteiger partial charge in [-0.05, 0) is 53.6 Å². The second-order valence-electron chi connectivity index (χ2n) is 9.32. The number of amides is 2. The number of carbonyl (C=O) groups is 2. The average Bonchev–Trinajstić information content (AvgIpc) is 2.91. The number of benzene rings is 2. The number of aromatic nitrogens is 1. The fourth-order valence-electron chi connectivity index (χ4n) is 4.36. The fourth-order valence-corrected chi connectivity index (χ4v) is 4.36. The highest BCUT2D eigenvalue weighted by Gasteiger charge is 2.25. The number of pyridine rings is 1. The Morgan fingerprint density at radius 3 is 2.33 bits per heavy atom. The number of nitrogens with one attached hydrogen (secondary N) is 1. The molecule has 1 aliphatic rings. The summed E-state index contributed by atoms with van der Waals surface area (Å²) in [6.45, 7) is 5.23. The standard InChI is InChI=1S/C29H33N3O4/c1-19(2)22-9-7-20(8-10-22)14-28(33)32-11-5-6-26-27(32)15-23(18-30-26)29(34)31-17-21-12-24(35-3)16-25(13-21)36-4/h7-10,12-13,15-16,18-19H,5-6,11,14,17H2,1-4H3,(H,31,34). The van der Waals surface area contributed by atoms with Gasteiger partial charge in [-0.3, -0.25) is 14.6 Å². The molecule has 4 rings (SSSR count). The van der Waals surface area contributed by atoms with Crippen LogP contribution in [0, 0.1) is 0 Å². The topological polar surface area (TPSA) is 80.8 Å². The first-order valence-electron chi connectivity index (χ1n) is 12.3. The first-order valence-corrected chi connectivity index (χ1v) is 12.3. The molecule has 0 fully saturated rings. The van der Waals surface area contributed by atoms with E-state index in [0.717, 1.165) is 35.3 Å². The van der Waals surface area contributed by atoms with Crippen LogP contribution >= 0.6 is 0 Å². The predicted molar refractivity (Wildman–Crippen MR) is 140 cm³/mol. The first kappa shape index (κ1) is 25.2. The maximum Gasteiger partial charge on any atom is 0.253 e. The molecule has 0 bridgehead atoms. The number of aryl methyl sites for hydroxylation is 1. The Morgan fingerprint density at radius 1 is 1.00 bits per heavy atom. The molecule has 2 aromatic carbocycles. The van der Waals surface area contributed by atoms with Gasteiger partial charge in [-0.2, -0.15) is 0 Å². The third-order valence-corrected chi connectivity index (χ3v) is 6.46. The summed E-state index contributed by atoms with van der Waals surface area (Å²) in [6, 6.07) is 15.5. The van der Waals surface area contributed by atoms with Gasteiger partial charge in [0.05, 0.1) is 37.6 Å². The smallest absolute Gasteiger partial charge is 0.253 e. The monoisotopic (exact) mass is 487 g/mol. The molecule has 0 saturated heterocycles. The van der Waals surface area contributed by atoms with E-state index in [1.165, 1.54) is 5.56 Å². The summed E-state index contributed by atoms with van der Waals surface area (Å²) >= 11 is 0. The van der Waals surface area contributed by atoms with Crippen molar-refractivity contribution in [3.63, 3.8) is 0 Å². The molecule has 1 aromatic heterocycles. The van der Waals surface area contributed by atoms with E-state index < -0.39 is 0 Å². The molecule has 0 saturated carbocycles. The van der Waals surface area contributed by atoms with E-state index in [4.69, 9.17) is 9.47 Å². The molecule has 3 aromatic rings. The van der Waals surface area contributed by atoms with Gasteiger partial charge < -0.3 is 19.7 Å². The van der Waals surface area contributed by atoms with Crippen LogP contribution in [0.25, 0.3) is 0 Å². The van der Waals surface area contributed by atoms with Crippen molar-refractivity contribution in [2.45, 2.75) is 45.6 Å². The molecular formula is C29H33N3O4. The van der Waals surface area contributed by atoms with Crippen LogP contribution in [0.2, 0.25) is 0 Å². The summed E-state index contributed by atoms with van der Waals surface area (Å²) in [5, 5.41) is 2.93. The third-order valence-electron chi connectivity index (χ3n) is 6.46. The SMILES string of the molecule is COc1cc(CNC(=O)c2cnc3c(c2)N(C(=O)Cc2ccc(C(C)C)cc2)CCC3)cc(OC)c1. The van der Waals surface area contributed by atoms with Crippen molar-refractivity contribution in [1.82, 2.24) is 10.3 Å². The van der Waals surface area contributed by atoms with E-state index in [2.05, 4.69) is 36.3 Å². The summed E-state index contributed by atoms with van der Waals surface area (Å²) in [5.41, 5.74) is 5.07. The minimum atomic E-state index is -0.255. The lowest BCUT2D eigenvalue weighted by molar-refractivity contribution is -0.118. The molecule has 188 valence electrons. The number of nitrogens with zero attached hydrogens (tertiary/aromatic N) is 2. The van der Waals surface area contributed by atoms with E-state index in [1.807, 2.05) is 24.3 Å². The van der Waals surface area contributed by atoms with Crippen LogP contribution < -0.4 is 19.7 Å². The highest BCUT2D eigenvalue weighted by Crippen LogP contribution is 2.28. The third kappa shape index (κ3) is 5.85. The largest absolute Gasteiger partial charge is 0.497 e. The highest BCUT2D eigenvalue weighted by molar-refractivity contribution is 5.99. The number of rotatable bonds is 8. The lowest BCUT2D eigenvalue weighted by Crippen LogP contribution is -2.37. The maximum atomic E-state index is 13.2. The Bertz CT molecular complexity index is 1220. The summed E-state index contributed by atoms with van der Waals surface area (Å²) in [6.07, 6.45) is 3.53. The van der Waals surface area contributed by atoms with Crippen molar-refractivity contribution in [1.29, 1.82) is 0 Å². The van der Waals surface area contributed by atoms with E-state index in [-0.39, 0.29) is 11.8 Å². The van der Waals surface area contributed by atoms with Crippen LogP contribution in [0.1, 0.15) is 58.9 Å². The van der Waals surface area contributed by atoms with E-state index in [9.17, 15) is 9.59 Å². The average molecular weight is 488 g/mol. The highest BCUT2D eigenvalue weighted by atomic mass is 16.5. The summed E-state index contributed by atoms with van der Waals surface area (Å²) in [7, 11) is 3.17. The molecule has 0 atom stereocenters. The summed E-state index contributed by atoms with van der Waals surface area (Å²) in [5.74, 6) is 1.51. The van der Waals surface area contributed by atoms with Crippen molar-refractivity contribution in [3.05, 3.63) is 82.7 Å². The van der Waals surface area contributed by atoms with Crippen LogP contribution in [0.15, 0.2) is 54.7 Å². The Labute approximate surface area is 212 Å².